The third-order valence-electron chi connectivity index (χ3n) is 4.38. The molecule has 104 valence electrons. The van der Waals surface area contributed by atoms with Gasteiger partial charge in [-0.15, -0.1) is 0 Å². The maximum Gasteiger partial charge on any atom is 0.191 e. The summed E-state index contributed by atoms with van der Waals surface area (Å²) in [7, 11) is -0.792. The molecule has 0 aromatic rings. The highest BCUT2D eigenvalue weighted by molar-refractivity contribution is 7.85. The zero-order valence-corrected chi connectivity index (χ0v) is 12.3. The van der Waals surface area contributed by atoms with E-state index < -0.39 is 10.8 Å². The minimum absolute atomic E-state index is 0.0774. The Bertz CT molecular complexity index is 352. The van der Waals surface area contributed by atoms with Gasteiger partial charge in [0.15, 0.2) is 5.96 Å². The van der Waals surface area contributed by atoms with Crippen LogP contribution >= 0.6 is 0 Å². The lowest BCUT2D eigenvalue weighted by Gasteiger charge is -2.39. The van der Waals surface area contributed by atoms with Gasteiger partial charge in [0.1, 0.15) is 0 Å². The van der Waals surface area contributed by atoms with Crippen molar-refractivity contribution >= 4 is 16.8 Å². The van der Waals surface area contributed by atoms with Gasteiger partial charge in [0, 0.05) is 30.1 Å². The van der Waals surface area contributed by atoms with Crippen molar-refractivity contribution in [2.24, 2.45) is 16.6 Å². The molecule has 0 aromatic heterocycles. The fourth-order valence-electron chi connectivity index (χ4n) is 2.83. The fourth-order valence-corrected chi connectivity index (χ4v) is 3.94. The Morgan fingerprint density at radius 1 is 1.50 bits per heavy atom. The number of likely N-dealkylation sites (tertiary alicyclic amines) is 1. The molecule has 2 unspecified atom stereocenters. The normalized spacial score (nSPS) is 29.8. The van der Waals surface area contributed by atoms with E-state index >= 15 is 0 Å². The smallest absolute Gasteiger partial charge is 0.191 e. The molecular weight excluding hydrogens is 246 g/mol. The molecule has 0 aromatic carbocycles. The predicted molar refractivity (Wildman–Crippen MR) is 77.1 cm³/mol. The number of hydrogen-bond acceptors (Lipinski definition) is 2. The fraction of sp³-hybridized carbons (Fsp3) is 0.923. The largest absolute Gasteiger partial charge is 0.370 e. The second-order valence-corrected chi connectivity index (χ2v) is 7.63. The van der Waals surface area contributed by atoms with Gasteiger partial charge in [0.05, 0.1) is 11.3 Å². The minimum atomic E-state index is -0.792. The van der Waals surface area contributed by atoms with Gasteiger partial charge in [-0.2, -0.15) is 0 Å². The van der Waals surface area contributed by atoms with Crippen molar-refractivity contribution in [3.05, 3.63) is 0 Å². The first-order chi connectivity index (χ1) is 8.53. The highest BCUT2D eigenvalue weighted by Crippen LogP contribution is 2.37. The van der Waals surface area contributed by atoms with Crippen molar-refractivity contribution in [2.45, 2.75) is 43.8 Å². The number of guanidine groups is 1. The quantitative estimate of drug-likeness (QED) is 0.622. The molecule has 2 aliphatic rings. The van der Waals surface area contributed by atoms with Crippen LogP contribution in [0.5, 0.6) is 0 Å². The Hall–Kier alpha value is -0.580. The van der Waals surface area contributed by atoms with Crippen molar-refractivity contribution in [2.75, 3.05) is 25.9 Å². The van der Waals surface area contributed by atoms with Crippen molar-refractivity contribution in [1.29, 1.82) is 0 Å². The van der Waals surface area contributed by atoms with Gasteiger partial charge >= 0.3 is 0 Å². The van der Waals surface area contributed by atoms with Gasteiger partial charge in [0.2, 0.25) is 0 Å². The highest BCUT2D eigenvalue weighted by atomic mass is 32.2. The van der Waals surface area contributed by atoms with Crippen LogP contribution < -0.4 is 5.73 Å². The van der Waals surface area contributed by atoms with Gasteiger partial charge in [-0.25, -0.2) is 0 Å². The Balaban J connectivity index is 1.94. The first kappa shape index (κ1) is 13.8. The summed E-state index contributed by atoms with van der Waals surface area (Å²) >= 11 is 0. The van der Waals surface area contributed by atoms with Gasteiger partial charge < -0.3 is 10.6 Å². The van der Waals surface area contributed by atoms with Crippen molar-refractivity contribution < 1.29 is 4.21 Å². The molecule has 1 saturated carbocycles. The number of piperidine rings is 1. The summed E-state index contributed by atoms with van der Waals surface area (Å²) in [6.07, 6.45) is 7.52. The lowest BCUT2D eigenvalue weighted by Crippen LogP contribution is -2.47. The summed E-state index contributed by atoms with van der Waals surface area (Å²) in [5, 5.41) is 0. The van der Waals surface area contributed by atoms with E-state index in [1.165, 1.54) is 19.3 Å². The average Bonchev–Trinajstić information content (AvgIpc) is 2.26. The molecule has 1 aliphatic carbocycles. The van der Waals surface area contributed by atoms with Crippen molar-refractivity contribution in [1.82, 2.24) is 4.90 Å². The molecule has 2 fully saturated rings. The van der Waals surface area contributed by atoms with Gasteiger partial charge in [-0.1, -0.05) is 13.3 Å². The maximum absolute atomic E-state index is 11.8. The molecule has 18 heavy (non-hydrogen) atoms. The molecular formula is C13H25N3OS. The van der Waals surface area contributed by atoms with E-state index in [0.29, 0.717) is 18.4 Å². The van der Waals surface area contributed by atoms with Crippen LogP contribution in [0, 0.1) is 5.92 Å². The molecule has 5 heteroatoms. The van der Waals surface area contributed by atoms with E-state index in [4.69, 9.17) is 5.73 Å². The maximum atomic E-state index is 11.8. The van der Waals surface area contributed by atoms with Crippen molar-refractivity contribution in [3.63, 3.8) is 0 Å². The van der Waals surface area contributed by atoms with Crippen molar-refractivity contribution in [3.8, 4) is 0 Å². The number of hydrogen-bond donors (Lipinski definition) is 1. The lowest BCUT2D eigenvalue weighted by molar-refractivity contribution is 0.269. The van der Waals surface area contributed by atoms with Crippen LogP contribution in [0.3, 0.4) is 0 Å². The summed E-state index contributed by atoms with van der Waals surface area (Å²) in [5.74, 6) is 1.35. The van der Waals surface area contributed by atoms with Gasteiger partial charge in [-0.05, 0) is 31.6 Å². The van der Waals surface area contributed by atoms with Crippen LogP contribution in [0.4, 0.5) is 0 Å². The summed E-state index contributed by atoms with van der Waals surface area (Å²) in [6.45, 7) is 4.92. The molecule has 2 rings (SSSR count). The van der Waals surface area contributed by atoms with Crippen LogP contribution in [0.1, 0.15) is 39.0 Å². The molecule has 2 N–H and O–H groups in total. The zero-order chi connectivity index (χ0) is 13.2. The topological polar surface area (TPSA) is 58.7 Å². The average molecular weight is 271 g/mol. The van der Waals surface area contributed by atoms with Crippen LogP contribution in [0.2, 0.25) is 0 Å². The molecule has 4 nitrogen and oxygen atoms in total. The number of rotatable bonds is 3. The van der Waals surface area contributed by atoms with E-state index in [9.17, 15) is 4.21 Å². The summed E-state index contributed by atoms with van der Waals surface area (Å²) in [6, 6.07) is 0. The van der Waals surface area contributed by atoms with Crippen LogP contribution in [0.15, 0.2) is 4.99 Å². The predicted octanol–water partition coefficient (Wildman–Crippen LogP) is 1.33. The van der Waals surface area contributed by atoms with Gasteiger partial charge in [0.25, 0.3) is 0 Å². The summed E-state index contributed by atoms with van der Waals surface area (Å²) in [5.41, 5.74) is 6.07. The third kappa shape index (κ3) is 2.87. The van der Waals surface area contributed by atoms with E-state index in [0.717, 1.165) is 25.9 Å². The first-order valence-corrected chi connectivity index (χ1v) is 8.48. The Labute approximate surface area is 112 Å². The molecule has 1 aliphatic heterocycles. The molecule has 1 heterocycles. The molecule has 2 atom stereocenters. The summed E-state index contributed by atoms with van der Waals surface area (Å²) in [4.78, 5) is 6.70. The molecule has 1 saturated heterocycles. The van der Waals surface area contributed by atoms with E-state index in [-0.39, 0.29) is 4.75 Å². The summed E-state index contributed by atoms with van der Waals surface area (Å²) < 4.78 is 11.7. The molecule has 0 bridgehead atoms. The molecule has 0 spiro atoms. The van der Waals surface area contributed by atoms with Gasteiger partial charge in [-0.3, -0.25) is 9.20 Å². The second kappa shape index (κ2) is 5.59. The monoisotopic (exact) mass is 271 g/mol. The van der Waals surface area contributed by atoms with E-state index in [1.807, 2.05) is 0 Å². The SMILES string of the molecule is CC1CCCN(C(N)=NCC2(S(C)=O)CCC2)C1. The second-order valence-electron chi connectivity index (χ2n) is 5.86. The minimum Gasteiger partial charge on any atom is -0.370 e. The number of aliphatic imine (C=N–C) groups is 1. The Morgan fingerprint density at radius 3 is 2.72 bits per heavy atom. The third-order valence-corrected chi connectivity index (χ3v) is 6.14. The van der Waals surface area contributed by atoms with E-state index in [1.54, 1.807) is 6.26 Å². The number of nitrogens with zero attached hydrogens (tertiary/aromatic N) is 2. The highest BCUT2D eigenvalue weighted by Gasteiger charge is 2.40. The van der Waals surface area contributed by atoms with Crippen LogP contribution in [-0.2, 0) is 10.8 Å². The zero-order valence-electron chi connectivity index (χ0n) is 11.5. The first-order valence-electron chi connectivity index (χ1n) is 6.92. The van der Waals surface area contributed by atoms with E-state index in [2.05, 4.69) is 16.8 Å². The van der Waals surface area contributed by atoms with Crippen LogP contribution in [0.25, 0.3) is 0 Å². The molecule has 0 amide bonds. The Morgan fingerprint density at radius 2 is 2.22 bits per heavy atom. The Kier molecular flexibility index (Phi) is 4.30. The molecule has 0 radical (unpaired) electrons. The number of nitrogens with two attached hydrogens (primary N) is 1. The lowest BCUT2D eigenvalue weighted by atomic mass is 9.84. The van der Waals surface area contributed by atoms with Crippen LogP contribution in [-0.4, -0.2) is 45.7 Å². The standard InChI is InChI=1S/C13H25N3OS/c1-11-5-3-8-16(9-11)12(14)15-10-13(18(2)17)6-4-7-13/h11H,3-10H2,1-2H3,(H2,14,15).